The van der Waals surface area contributed by atoms with Crippen molar-refractivity contribution in [1.82, 2.24) is 15.5 Å². The highest BCUT2D eigenvalue weighted by Crippen LogP contribution is 2.22. The van der Waals surface area contributed by atoms with E-state index in [-0.39, 0.29) is 24.8 Å². The molecule has 2 aromatic heterocycles. The van der Waals surface area contributed by atoms with Crippen LogP contribution in [0, 0.1) is 5.82 Å². The summed E-state index contributed by atoms with van der Waals surface area (Å²) in [6, 6.07) is 13.4. The topological polar surface area (TPSA) is 73.3 Å². The minimum atomic E-state index is -0.827. The summed E-state index contributed by atoms with van der Waals surface area (Å²) in [6.45, 7) is 2.04. The molecule has 0 saturated carbocycles. The average molecular weight is 387 g/mol. The highest BCUT2D eigenvalue weighted by Gasteiger charge is 2.15. The van der Waals surface area contributed by atoms with Gasteiger partial charge in [-0.15, -0.1) is 21.5 Å². The van der Waals surface area contributed by atoms with E-state index < -0.39 is 11.9 Å². The zero-order valence-electron chi connectivity index (χ0n) is 14.6. The number of para-hydroxylation sites is 1. The van der Waals surface area contributed by atoms with Crippen LogP contribution in [0.3, 0.4) is 0 Å². The van der Waals surface area contributed by atoms with E-state index >= 15 is 0 Å². The first kappa shape index (κ1) is 18.8. The van der Waals surface area contributed by atoms with Crippen molar-refractivity contribution in [2.45, 2.75) is 13.0 Å². The summed E-state index contributed by atoms with van der Waals surface area (Å²) in [5, 5.41) is 12.8. The van der Waals surface area contributed by atoms with Crippen LogP contribution in [0.25, 0.3) is 10.6 Å². The van der Waals surface area contributed by atoms with Crippen molar-refractivity contribution >= 4 is 17.2 Å². The lowest BCUT2D eigenvalue weighted by Crippen LogP contribution is -2.38. The van der Waals surface area contributed by atoms with Crippen LogP contribution in [-0.4, -0.2) is 35.4 Å². The maximum Gasteiger partial charge on any atom is 0.260 e. The molecule has 6 nitrogen and oxygen atoms in total. The first-order chi connectivity index (χ1) is 13.1. The van der Waals surface area contributed by atoms with Crippen molar-refractivity contribution in [3.8, 4) is 22.2 Å². The summed E-state index contributed by atoms with van der Waals surface area (Å²) in [6.07, 6.45) is -0.827. The minimum absolute atomic E-state index is 0.0394. The Morgan fingerprint density at radius 2 is 2.04 bits per heavy atom. The molecule has 3 aromatic rings. The number of amides is 1. The SMILES string of the molecule is CC(Oc1ccccc1F)C(=O)NCCOc1ccc(-c2cccs2)nn1. The number of hydrogen-bond acceptors (Lipinski definition) is 6. The Balaban J connectivity index is 1.40. The number of thiophene rings is 1. The fourth-order valence-electron chi connectivity index (χ4n) is 2.21. The first-order valence-corrected chi connectivity index (χ1v) is 9.21. The number of carbonyl (C=O) groups is 1. The fourth-order valence-corrected chi connectivity index (χ4v) is 2.90. The molecule has 2 heterocycles. The van der Waals surface area contributed by atoms with Crippen LogP contribution in [-0.2, 0) is 4.79 Å². The second-order valence-corrected chi connectivity index (χ2v) is 6.51. The van der Waals surface area contributed by atoms with Gasteiger partial charge >= 0.3 is 0 Å². The van der Waals surface area contributed by atoms with Crippen molar-refractivity contribution in [1.29, 1.82) is 0 Å². The highest BCUT2D eigenvalue weighted by atomic mass is 32.1. The number of nitrogens with zero attached hydrogens (tertiary/aromatic N) is 2. The van der Waals surface area contributed by atoms with Gasteiger partial charge in [0.25, 0.3) is 5.91 Å². The molecule has 0 aliphatic carbocycles. The summed E-state index contributed by atoms with van der Waals surface area (Å²) in [7, 11) is 0. The Hall–Kier alpha value is -3.00. The average Bonchev–Trinajstić information content (AvgIpc) is 3.22. The van der Waals surface area contributed by atoms with Crippen molar-refractivity contribution < 1.29 is 18.7 Å². The standard InChI is InChI=1S/C19H18FN3O3S/c1-13(26-16-6-3-2-5-14(16)20)19(24)21-10-11-25-18-9-8-15(22-23-18)17-7-4-12-27-17/h2-9,12-13H,10-11H2,1H3,(H,21,24). The molecule has 1 atom stereocenters. The van der Waals surface area contributed by atoms with Gasteiger partial charge in [0.15, 0.2) is 17.7 Å². The first-order valence-electron chi connectivity index (χ1n) is 8.33. The maximum atomic E-state index is 13.5. The van der Waals surface area contributed by atoms with Crippen LogP contribution in [0.5, 0.6) is 11.6 Å². The zero-order chi connectivity index (χ0) is 19.1. The van der Waals surface area contributed by atoms with E-state index in [0.29, 0.717) is 5.88 Å². The van der Waals surface area contributed by atoms with Crippen molar-refractivity contribution in [3.05, 3.63) is 59.7 Å². The molecule has 0 spiro atoms. The number of nitrogens with one attached hydrogen (secondary N) is 1. The molecule has 1 N–H and O–H groups in total. The zero-order valence-corrected chi connectivity index (χ0v) is 15.4. The Kier molecular flexibility index (Phi) is 6.32. The van der Waals surface area contributed by atoms with Crippen LogP contribution in [0.2, 0.25) is 0 Å². The summed E-state index contributed by atoms with van der Waals surface area (Å²) >= 11 is 1.58. The fraction of sp³-hybridized carbons (Fsp3) is 0.211. The molecule has 0 saturated heterocycles. The molecule has 8 heteroatoms. The van der Waals surface area contributed by atoms with Crippen LogP contribution in [0.15, 0.2) is 53.9 Å². The molecular weight excluding hydrogens is 369 g/mol. The van der Waals surface area contributed by atoms with E-state index in [4.69, 9.17) is 9.47 Å². The molecule has 140 valence electrons. The number of halogens is 1. The molecule has 0 bridgehead atoms. The molecule has 27 heavy (non-hydrogen) atoms. The predicted octanol–water partition coefficient (Wildman–Crippen LogP) is 3.31. The second-order valence-electron chi connectivity index (χ2n) is 5.56. The van der Waals surface area contributed by atoms with Gasteiger partial charge in [-0.2, -0.15) is 0 Å². The van der Waals surface area contributed by atoms with Gasteiger partial charge in [0, 0.05) is 6.07 Å². The third kappa shape index (κ3) is 5.24. The number of aromatic nitrogens is 2. The van der Waals surface area contributed by atoms with Crippen molar-refractivity contribution in [2.24, 2.45) is 0 Å². The second kappa shape index (κ2) is 9.09. The molecule has 1 unspecified atom stereocenters. The van der Waals surface area contributed by atoms with E-state index in [2.05, 4.69) is 15.5 Å². The van der Waals surface area contributed by atoms with Crippen LogP contribution in [0.4, 0.5) is 4.39 Å². The molecule has 0 aliphatic rings. The van der Waals surface area contributed by atoms with Gasteiger partial charge in [0.05, 0.1) is 11.4 Å². The smallest absolute Gasteiger partial charge is 0.260 e. The van der Waals surface area contributed by atoms with Gasteiger partial charge in [-0.1, -0.05) is 18.2 Å². The van der Waals surface area contributed by atoms with Crippen LogP contribution < -0.4 is 14.8 Å². The van der Waals surface area contributed by atoms with Gasteiger partial charge in [0.1, 0.15) is 12.3 Å². The molecule has 0 aliphatic heterocycles. The summed E-state index contributed by atoms with van der Waals surface area (Å²) in [5.41, 5.74) is 0.782. The van der Waals surface area contributed by atoms with E-state index in [1.807, 2.05) is 23.6 Å². The van der Waals surface area contributed by atoms with E-state index in [1.165, 1.54) is 12.1 Å². The Morgan fingerprint density at radius 3 is 2.74 bits per heavy atom. The van der Waals surface area contributed by atoms with Crippen molar-refractivity contribution in [3.63, 3.8) is 0 Å². The largest absolute Gasteiger partial charge is 0.478 e. The van der Waals surface area contributed by atoms with Gasteiger partial charge in [-0.05, 0) is 36.6 Å². The maximum absolute atomic E-state index is 13.5. The molecule has 0 fully saturated rings. The van der Waals surface area contributed by atoms with E-state index in [9.17, 15) is 9.18 Å². The normalized spacial score (nSPS) is 11.6. The molecule has 3 rings (SSSR count). The number of benzene rings is 1. The summed E-state index contributed by atoms with van der Waals surface area (Å²) in [4.78, 5) is 13.0. The van der Waals surface area contributed by atoms with Crippen LogP contribution in [0.1, 0.15) is 6.92 Å². The summed E-state index contributed by atoms with van der Waals surface area (Å²) in [5.74, 6) is -0.455. The molecule has 1 amide bonds. The number of carbonyl (C=O) groups excluding carboxylic acids is 1. The highest BCUT2D eigenvalue weighted by molar-refractivity contribution is 7.13. The Labute approximate surface area is 160 Å². The lowest BCUT2D eigenvalue weighted by Gasteiger charge is -2.15. The monoisotopic (exact) mass is 387 g/mol. The van der Waals surface area contributed by atoms with E-state index in [0.717, 1.165) is 10.6 Å². The van der Waals surface area contributed by atoms with E-state index in [1.54, 1.807) is 36.5 Å². The molecule has 0 radical (unpaired) electrons. The van der Waals surface area contributed by atoms with Gasteiger partial charge in [0.2, 0.25) is 5.88 Å². The lowest BCUT2D eigenvalue weighted by molar-refractivity contribution is -0.127. The Morgan fingerprint density at radius 1 is 1.19 bits per heavy atom. The van der Waals surface area contributed by atoms with Gasteiger partial charge < -0.3 is 14.8 Å². The number of ether oxygens (including phenoxy) is 2. The third-order valence-electron chi connectivity index (χ3n) is 3.57. The summed E-state index contributed by atoms with van der Waals surface area (Å²) < 4.78 is 24.3. The van der Waals surface area contributed by atoms with Gasteiger partial charge in [-0.25, -0.2) is 4.39 Å². The quantitative estimate of drug-likeness (QED) is 0.601. The predicted molar refractivity (Wildman–Crippen MR) is 100 cm³/mol. The molecular formula is C19H18FN3O3S. The van der Waals surface area contributed by atoms with Gasteiger partial charge in [-0.3, -0.25) is 4.79 Å². The lowest BCUT2D eigenvalue weighted by atomic mass is 10.3. The third-order valence-corrected chi connectivity index (χ3v) is 4.47. The number of rotatable bonds is 8. The molecule has 1 aromatic carbocycles. The van der Waals surface area contributed by atoms with Crippen LogP contribution >= 0.6 is 11.3 Å². The Bertz CT molecular complexity index is 872. The van der Waals surface area contributed by atoms with Crippen molar-refractivity contribution in [2.75, 3.05) is 13.2 Å². The number of hydrogen-bond donors (Lipinski definition) is 1. The minimum Gasteiger partial charge on any atom is -0.478 e.